The van der Waals surface area contributed by atoms with Gasteiger partial charge in [0.2, 0.25) is 11.8 Å². The third-order valence-electron chi connectivity index (χ3n) is 5.07. The van der Waals surface area contributed by atoms with Crippen LogP contribution in [-0.4, -0.2) is 53.2 Å². The topological polar surface area (TPSA) is 88.1 Å². The highest BCUT2D eigenvalue weighted by Gasteiger charge is 2.39. The number of hydrogen-bond acceptors (Lipinski definition) is 6. The molecule has 1 saturated heterocycles. The summed E-state index contributed by atoms with van der Waals surface area (Å²) in [6, 6.07) is 12.7. The van der Waals surface area contributed by atoms with E-state index in [9.17, 15) is 14.4 Å². The Morgan fingerprint density at radius 3 is 2.53 bits per heavy atom. The van der Waals surface area contributed by atoms with Crippen LogP contribution >= 0.6 is 11.8 Å². The van der Waals surface area contributed by atoms with Gasteiger partial charge >= 0.3 is 0 Å². The minimum Gasteiger partial charge on any atom is -0.383 e. The van der Waals surface area contributed by atoms with Gasteiger partial charge < -0.3 is 10.1 Å². The molecule has 0 radical (unpaired) electrons. The van der Waals surface area contributed by atoms with Gasteiger partial charge in [0.05, 0.1) is 18.8 Å². The summed E-state index contributed by atoms with van der Waals surface area (Å²) in [5.41, 5.74) is 4.05. The van der Waals surface area contributed by atoms with Crippen molar-refractivity contribution in [2.24, 2.45) is 4.99 Å². The normalized spacial score (nSPS) is 17.1. The van der Waals surface area contributed by atoms with Crippen molar-refractivity contribution in [2.75, 3.05) is 25.6 Å². The molecule has 1 N–H and O–H groups in total. The zero-order chi connectivity index (χ0) is 23.3. The molecule has 1 unspecified atom stereocenters. The van der Waals surface area contributed by atoms with Crippen molar-refractivity contribution in [2.45, 2.75) is 32.4 Å². The molecule has 1 fully saturated rings. The number of benzene rings is 2. The number of rotatable bonds is 8. The van der Waals surface area contributed by atoms with Crippen molar-refractivity contribution in [3.63, 3.8) is 0 Å². The van der Waals surface area contributed by atoms with Crippen molar-refractivity contribution in [1.82, 2.24) is 4.90 Å². The van der Waals surface area contributed by atoms with Crippen LogP contribution in [0.4, 0.5) is 11.4 Å². The summed E-state index contributed by atoms with van der Waals surface area (Å²) in [5, 5.41) is 2.81. The average Bonchev–Trinajstić information content (AvgIpc) is 3.03. The fourth-order valence-corrected chi connectivity index (χ4v) is 4.40. The van der Waals surface area contributed by atoms with E-state index in [0.717, 1.165) is 16.8 Å². The molecular weight excluding hydrogens is 426 g/mol. The molecule has 1 atom stereocenters. The molecule has 0 aromatic heterocycles. The van der Waals surface area contributed by atoms with Crippen molar-refractivity contribution in [3.8, 4) is 0 Å². The summed E-state index contributed by atoms with van der Waals surface area (Å²) in [6.45, 7) is 6.20. The maximum Gasteiger partial charge on any atom is 0.242 e. The highest BCUT2D eigenvalue weighted by molar-refractivity contribution is 8.15. The maximum atomic E-state index is 13.0. The lowest BCUT2D eigenvalue weighted by atomic mass is 10.1. The average molecular weight is 454 g/mol. The number of nitrogens with one attached hydrogen (secondary N) is 1. The van der Waals surface area contributed by atoms with Gasteiger partial charge in [0.15, 0.2) is 11.0 Å². The Bertz CT molecular complexity index is 1050. The monoisotopic (exact) mass is 453 g/mol. The number of carbonyl (C=O) groups excluding carboxylic acids is 3. The molecule has 32 heavy (non-hydrogen) atoms. The van der Waals surface area contributed by atoms with Crippen LogP contribution in [0, 0.1) is 13.8 Å². The minimum absolute atomic E-state index is 0.0211. The van der Waals surface area contributed by atoms with Crippen LogP contribution in [0.1, 0.15) is 34.8 Å². The zero-order valence-corrected chi connectivity index (χ0v) is 19.5. The quantitative estimate of drug-likeness (QED) is 0.608. The Morgan fingerprint density at radius 1 is 1.16 bits per heavy atom. The maximum absolute atomic E-state index is 13.0. The standard InChI is InChI=1S/C24H27N3O4S/c1-15-5-6-16(2)20(13-15)26-24-27(11-12-31-4)23(30)21(32-24)14-22(29)25-19-9-7-18(8-10-19)17(3)28/h5-10,13,21H,11-12,14H2,1-4H3,(H,25,29). The molecule has 2 aromatic rings. The van der Waals surface area contributed by atoms with E-state index in [2.05, 4.69) is 5.32 Å². The fraction of sp³-hybridized carbons (Fsp3) is 0.333. The van der Waals surface area contributed by atoms with Gasteiger partial charge in [-0.2, -0.15) is 0 Å². The smallest absolute Gasteiger partial charge is 0.242 e. The number of anilines is 1. The first-order chi connectivity index (χ1) is 15.3. The van der Waals surface area contributed by atoms with Crippen LogP contribution in [0.5, 0.6) is 0 Å². The fourth-order valence-electron chi connectivity index (χ4n) is 3.23. The third kappa shape index (κ3) is 5.83. The first-order valence-electron chi connectivity index (χ1n) is 10.3. The Labute approximate surface area is 192 Å². The molecule has 0 aliphatic carbocycles. The lowest BCUT2D eigenvalue weighted by Gasteiger charge is -2.16. The van der Waals surface area contributed by atoms with E-state index in [1.54, 1.807) is 36.3 Å². The van der Waals surface area contributed by atoms with E-state index < -0.39 is 5.25 Å². The van der Waals surface area contributed by atoms with Gasteiger partial charge in [0.25, 0.3) is 0 Å². The molecule has 0 saturated carbocycles. The summed E-state index contributed by atoms with van der Waals surface area (Å²) in [6.07, 6.45) is 0.0211. The molecule has 3 rings (SSSR count). The summed E-state index contributed by atoms with van der Waals surface area (Å²) < 4.78 is 5.15. The van der Waals surface area contributed by atoms with E-state index >= 15 is 0 Å². The summed E-state index contributed by atoms with van der Waals surface area (Å²) in [4.78, 5) is 43.3. The lowest BCUT2D eigenvalue weighted by Crippen LogP contribution is -2.35. The van der Waals surface area contributed by atoms with Gasteiger partial charge in [0, 0.05) is 24.8 Å². The van der Waals surface area contributed by atoms with Gasteiger partial charge in [-0.3, -0.25) is 19.3 Å². The molecule has 2 amide bonds. The largest absolute Gasteiger partial charge is 0.383 e. The third-order valence-corrected chi connectivity index (χ3v) is 6.24. The first kappa shape index (κ1) is 23.7. The molecule has 0 spiro atoms. The van der Waals surface area contributed by atoms with Gasteiger partial charge in [-0.15, -0.1) is 0 Å². The minimum atomic E-state index is -0.563. The van der Waals surface area contributed by atoms with Crippen molar-refractivity contribution in [3.05, 3.63) is 59.2 Å². The molecule has 1 aliphatic rings. The van der Waals surface area contributed by atoms with Crippen LogP contribution in [0.15, 0.2) is 47.5 Å². The summed E-state index contributed by atoms with van der Waals surface area (Å²) >= 11 is 1.30. The number of ether oxygens (including phenoxy) is 1. The second-order valence-corrected chi connectivity index (χ2v) is 8.83. The molecule has 1 aliphatic heterocycles. The van der Waals surface area contributed by atoms with Gasteiger partial charge in [-0.25, -0.2) is 4.99 Å². The molecule has 8 heteroatoms. The number of ketones is 1. The number of aryl methyl sites for hydroxylation is 2. The Morgan fingerprint density at radius 2 is 1.88 bits per heavy atom. The van der Waals surface area contributed by atoms with Gasteiger partial charge in [-0.05, 0) is 62.2 Å². The number of aliphatic imine (C=N–C) groups is 1. The van der Waals surface area contributed by atoms with E-state index in [0.29, 0.717) is 29.6 Å². The van der Waals surface area contributed by atoms with E-state index in [4.69, 9.17) is 9.73 Å². The van der Waals surface area contributed by atoms with Crippen molar-refractivity contribution >= 4 is 45.9 Å². The Kier molecular flexibility index (Phi) is 7.82. The molecule has 7 nitrogen and oxygen atoms in total. The number of hydrogen-bond donors (Lipinski definition) is 1. The predicted octanol–water partition coefficient (Wildman–Crippen LogP) is 4.11. The van der Waals surface area contributed by atoms with Gasteiger partial charge in [-0.1, -0.05) is 23.9 Å². The zero-order valence-electron chi connectivity index (χ0n) is 18.7. The Hall–Kier alpha value is -2.97. The van der Waals surface area contributed by atoms with Crippen LogP contribution in [0.25, 0.3) is 0 Å². The summed E-state index contributed by atoms with van der Waals surface area (Å²) in [5.74, 6) is -0.466. The number of amidine groups is 1. The number of nitrogens with zero attached hydrogens (tertiary/aromatic N) is 2. The van der Waals surface area contributed by atoms with E-state index in [1.165, 1.54) is 18.7 Å². The number of thioether (sulfide) groups is 1. The molecule has 2 aromatic carbocycles. The van der Waals surface area contributed by atoms with E-state index in [-0.39, 0.29) is 24.0 Å². The number of methoxy groups -OCH3 is 1. The van der Waals surface area contributed by atoms with E-state index in [1.807, 2.05) is 32.0 Å². The van der Waals surface area contributed by atoms with Crippen LogP contribution in [0.3, 0.4) is 0 Å². The van der Waals surface area contributed by atoms with Gasteiger partial charge in [0.1, 0.15) is 5.25 Å². The number of Topliss-reactive ketones (excluding diaryl/α,β-unsaturated/α-hetero) is 1. The van der Waals surface area contributed by atoms with Crippen LogP contribution in [0.2, 0.25) is 0 Å². The van der Waals surface area contributed by atoms with Crippen LogP contribution in [-0.2, 0) is 14.3 Å². The van der Waals surface area contributed by atoms with Crippen molar-refractivity contribution < 1.29 is 19.1 Å². The SMILES string of the molecule is COCCN1C(=O)C(CC(=O)Nc2ccc(C(C)=O)cc2)SC1=Nc1cc(C)ccc1C. The highest BCUT2D eigenvalue weighted by atomic mass is 32.2. The lowest BCUT2D eigenvalue weighted by molar-refractivity contribution is -0.128. The first-order valence-corrected chi connectivity index (χ1v) is 11.2. The molecular formula is C24H27N3O4S. The second kappa shape index (κ2) is 10.6. The summed E-state index contributed by atoms with van der Waals surface area (Å²) in [7, 11) is 1.58. The molecule has 168 valence electrons. The molecule has 1 heterocycles. The number of amides is 2. The van der Waals surface area contributed by atoms with Crippen LogP contribution < -0.4 is 5.32 Å². The predicted molar refractivity (Wildman–Crippen MR) is 128 cm³/mol. The Balaban J connectivity index is 1.74. The van der Waals surface area contributed by atoms with Crippen molar-refractivity contribution in [1.29, 1.82) is 0 Å². The molecule has 0 bridgehead atoms. The second-order valence-electron chi connectivity index (χ2n) is 7.66. The highest BCUT2D eigenvalue weighted by Crippen LogP contribution is 2.33. The number of carbonyl (C=O) groups is 3.